The Bertz CT molecular complexity index is 671. The van der Waals surface area contributed by atoms with Gasteiger partial charge in [0.05, 0.1) is 9.82 Å². The Kier molecular flexibility index (Phi) is 6.01. The van der Waals surface area contributed by atoms with Crippen LogP contribution in [0.5, 0.6) is 0 Å². The van der Waals surface area contributed by atoms with Gasteiger partial charge in [0.1, 0.15) is 6.04 Å². The maximum atomic E-state index is 12.3. The van der Waals surface area contributed by atoms with E-state index in [0.29, 0.717) is 6.42 Å². The van der Waals surface area contributed by atoms with Crippen LogP contribution < -0.4 is 4.72 Å². The molecule has 0 amide bonds. The first-order valence-electron chi connectivity index (χ1n) is 6.69. The lowest BCUT2D eigenvalue weighted by molar-refractivity contribution is -0.385. The van der Waals surface area contributed by atoms with Crippen LogP contribution in [0.4, 0.5) is 5.69 Å². The van der Waals surface area contributed by atoms with Crippen LogP contribution in [0.15, 0.2) is 23.1 Å². The van der Waals surface area contributed by atoms with E-state index < -0.39 is 27.0 Å². The number of carboxylic acids is 1. The number of nitro benzene ring substituents is 1. The number of hydrogen-bond acceptors (Lipinski definition) is 5. The average Bonchev–Trinajstić information content (AvgIpc) is 2.42. The molecule has 0 aliphatic heterocycles. The van der Waals surface area contributed by atoms with Gasteiger partial charge in [0.15, 0.2) is 0 Å². The summed E-state index contributed by atoms with van der Waals surface area (Å²) in [4.78, 5) is 21.0. The monoisotopic (exact) mass is 330 g/mol. The van der Waals surface area contributed by atoms with Gasteiger partial charge >= 0.3 is 5.97 Å². The third kappa shape index (κ3) is 4.50. The number of non-ortho nitro benzene ring substituents is 1. The lowest BCUT2D eigenvalue weighted by atomic mass is 10.1. The normalized spacial score (nSPS) is 12.8. The van der Waals surface area contributed by atoms with E-state index in [4.69, 9.17) is 5.11 Å². The van der Waals surface area contributed by atoms with Crippen LogP contribution in [0, 0.1) is 17.0 Å². The molecule has 0 saturated heterocycles. The van der Waals surface area contributed by atoms with Crippen LogP contribution in [-0.4, -0.2) is 30.5 Å². The number of nitrogens with one attached hydrogen (secondary N) is 1. The van der Waals surface area contributed by atoms with Gasteiger partial charge in [0, 0.05) is 12.1 Å². The van der Waals surface area contributed by atoms with E-state index in [-0.39, 0.29) is 22.6 Å². The maximum absolute atomic E-state index is 12.3. The van der Waals surface area contributed by atoms with Crippen LogP contribution in [0.2, 0.25) is 0 Å². The number of carbonyl (C=O) groups is 1. The number of aryl methyl sites for hydroxylation is 1. The van der Waals surface area contributed by atoms with Crippen molar-refractivity contribution in [3.8, 4) is 0 Å². The number of rotatable bonds is 8. The summed E-state index contributed by atoms with van der Waals surface area (Å²) in [6.45, 7) is 3.29. The smallest absolute Gasteiger partial charge is 0.321 e. The summed E-state index contributed by atoms with van der Waals surface area (Å²) < 4.78 is 26.7. The van der Waals surface area contributed by atoms with Crippen molar-refractivity contribution in [3.05, 3.63) is 33.9 Å². The molecule has 0 bridgehead atoms. The number of hydrogen-bond donors (Lipinski definition) is 2. The lowest BCUT2D eigenvalue weighted by Gasteiger charge is -2.15. The molecule has 1 atom stereocenters. The molecule has 0 saturated carbocycles. The Morgan fingerprint density at radius 1 is 1.45 bits per heavy atom. The number of sulfonamides is 1. The van der Waals surface area contributed by atoms with Crippen LogP contribution in [-0.2, 0) is 14.8 Å². The van der Waals surface area contributed by atoms with E-state index in [2.05, 4.69) is 4.72 Å². The summed E-state index contributed by atoms with van der Waals surface area (Å²) in [7, 11) is -4.06. The molecule has 0 heterocycles. The molecule has 0 aromatic heterocycles. The van der Waals surface area contributed by atoms with Crippen LogP contribution in [0.1, 0.15) is 31.7 Å². The Morgan fingerprint density at radius 2 is 2.09 bits per heavy atom. The second kappa shape index (κ2) is 7.32. The minimum absolute atomic E-state index is 0.166. The molecule has 122 valence electrons. The summed E-state index contributed by atoms with van der Waals surface area (Å²) in [6.07, 6.45) is 1.48. The molecule has 8 nitrogen and oxygen atoms in total. The molecular formula is C13H18N2O6S. The zero-order chi connectivity index (χ0) is 16.9. The van der Waals surface area contributed by atoms with Crippen molar-refractivity contribution in [1.29, 1.82) is 0 Å². The van der Waals surface area contributed by atoms with E-state index in [1.807, 2.05) is 6.92 Å². The van der Waals surface area contributed by atoms with Gasteiger partial charge in [-0.15, -0.1) is 0 Å². The summed E-state index contributed by atoms with van der Waals surface area (Å²) in [5.74, 6) is -1.25. The number of nitro groups is 1. The molecule has 0 aliphatic carbocycles. The quantitative estimate of drug-likeness (QED) is 0.553. The Labute approximate surface area is 128 Å². The van der Waals surface area contributed by atoms with Crippen LogP contribution in [0.25, 0.3) is 0 Å². The van der Waals surface area contributed by atoms with Crippen molar-refractivity contribution in [2.45, 2.75) is 44.0 Å². The first-order valence-corrected chi connectivity index (χ1v) is 8.17. The van der Waals surface area contributed by atoms with Crippen molar-refractivity contribution in [1.82, 2.24) is 4.72 Å². The fourth-order valence-electron chi connectivity index (χ4n) is 1.94. The van der Waals surface area contributed by atoms with Crippen LogP contribution >= 0.6 is 0 Å². The van der Waals surface area contributed by atoms with E-state index in [0.717, 1.165) is 24.6 Å². The number of benzene rings is 1. The third-order valence-electron chi connectivity index (χ3n) is 3.10. The highest BCUT2D eigenvalue weighted by molar-refractivity contribution is 7.89. The zero-order valence-corrected chi connectivity index (χ0v) is 13.1. The van der Waals surface area contributed by atoms with Gasteiger partial charge in [-0.1, -0.05) is 19.8 Å². The molecule has 1 aromatic rings. The highest BCUT2D eigenvalue weighted by Crippen LogP contribution is 2.21. The topological polar surface area (TPSA) is 127 Å². The van der Waals surface area contributed by atoms with Gasteiger partial charge in [-0.3, -0.25) is 14.9 Å². The highest BCUT2D eigenvalue weighted by Gasteiger charge is 2.26. The van der Waals surface area contributed by atoms with E-state index in [9.17, 15) is 23.3 Å². The van der Waals surface area contributed by atoms with Crippen molar-refractivity contribution in [2.75, 3.05) is 0 Å². The predicted octanol–water partition coefficient (Wildman–Crippen LogP) is 1.82. The van der Waals surface area contributed by atoms with Crippen molar-refractivity contribution in [2.24, 2.45) is 0 Å². The van der Waals surface area contributed by atoms with Gasteiger partial charge in [0.25, 0.3) is 5.69 Å². The largest absolute Gasteiger partial charge is 0.480 e. The van der Waals surface area contributed by atoms with Gasteiger partial charge in [0.2, 0.25) is 10.0 Å². The van der Waals surface area contributed by atoms with Gasteiger partial charge in [-0.2, -0.15) is 4.72 Å². The Hall–Kier alpha value is -2.00. The number of nitrogens with zero attached hydrogens (tertiary/aromatic N) is 1. The van der Waals surface area contributed by atoms with Crippen molar-refractivity contribution >= 4 is 21.7 Å². The Morgan fingerprint density at radius 3 is 2.55 bits per heavy atom. The van der Waals surface area contributed by atoms with E-state index >= 15 is 0 Å². The van der Waals surface area contributed by atoms with Crippen molar-refractivity contribution in [3.63, 3.8) is 0 Å². The number of unbranched alkanes of at least 4 members (excludes halogenated alkanes) is 1. The Balaban J connectivity index is 3.07. The summed E-state index contributed by atoms with van der Waals surface area (Å²) in [6, 6.07) is 2.09. The fourth-order valence-corrected chi connectivity index (χ4v) is 3.39. The minimum Gasteiger partial charge on any atom is -0.480 e. The minimum atomic E-state index is -4.06. The average molecular weight is 330 g/mol. The van der Waals surface area contributed by atoms with Crippen molar-refractivity contribution < 1.29 is 23.2 Å². The van der Waals surface area contributed by atoms with E-state index in [1.165, 1.54) is 6.92 Å². The van der Waals surface area contributed by atoms with E-state index in [1.54, 1.807) is 0 Å². The van der Waals surface area contributed by atoms with Crippen LogP contribution in [0.3, 0.4) is 0 Å². The highest BCUT2D eigenvalue weighted by atomic mass is 32.2. The summed E-state index contributed by atoms with van der Waals surface area (Å²) >= 11 is 0. The molecule has 0 spiro atoms. The fraction of sp³-hybridized carbons (Fsp3) is 0.462. The lowest BCUT2D eigenvalue weighted by Crippen LogP contribution is -2.40. The molecule has 2 N–H and O–H groups in total. The molecule has 0 radical (unpaired) electrons. The molecule has 1 aromatic carbocycles. The first-order chi connectivity index (χ1) is 10.2. The zero-order valence-electron chi connectivity index (χ0n) is 12.3. The molecule has 22 heavy (non-hydrogen) atoms. The summed E-state index contributed by atoms with van der Waals surface area (Å²) in [5, 5.41) is 19.7. The van der Waals surface area contributed by atoms with Gasteiger partial charge in [-0.05, 0) is 25.0 Å². The number of aliphatic carboxylic acids is 1. The molecule has 0 unspecified atom stereocenters. The molecule has 1 rings (SSSR count). The SMILES string of the molecule is CCCC[C@H](NS(=O)(=O)c1ccc([N+](=O)[O-])cc1C)C(=O)O. The first kappa shape index (κ1) is 18.1. The number of carboxylic acid groups (broad SMARTS) is 1. The molecule has 9 heteroatoms. The molecule has 0 fully saturated rings. The third-order valence-corrected chi connectivity index (χ3v) is 4.73. The molecule has 0 aliphatic rings. The molecular weight excluding hydrogens is 312 g/mol. The summed E-state index contributed by atoms with van der Waals surface area (Å²) in [5.41, 5.74) is -0.0430. The standard InChI is InChI=1S/C13H18N2O6S/c1-3-4-5-11(13(16)17)14-22(20,21)12-7-6-10(15(18)19)8-9(12)2/h6-8,11,14H,3-5H2,1-2H3,(H,16,17)/t11-/m0/s1. The van der Waals surface area contributed by atoms with Gasteiger partial charge < -0.3 is 5.11 Å². The predicted molar refractivity (Wildman–Crippen MR) is 79.1 cm³/mol. The van der Waals surface area contributed by atoms with Gasteiger partial charge in [-0.25, -0.2) is 8.42 Å². The second-order valence-electron chi connectivity index (χ2n) is 4.86. The second-order valence-corrected chi connectivity index (χ2v) is 6.54. The maximum Gasteiger partial charge on any atom is 0.321 e.